The number of amides is 2. The molecule has 0 unspecified atom stereocenters. The summed E-state index contributed by atoms with van der Waals surface area (Å²) >= 11 is 12.8. The van der Waals surface area contributed by atoms with E-state index in [1.165, 1.54) is 4.90 Å². The van der Waals surface area contributed by atoms with Gasteiger partial charge in [0.15, 0.2) is 0 Å². The van der Waals surface area contributed by atoms with E-state index in [-0.39, 0.29) is 18.5 Å². The Kier molecular flexibility index (Phi) is 9.30. The van der Waals surface area contributed by atoms with Gasteiger partial charge in [0.05, 0.1) is 11.9 Å². The number of anilines is 1. The first-order valence-corrected chi connectivity index (χ1v) is 14.6. The lowest BCUT2D eigenvalue weighted by Crippen LogP contribution is -2.52. The van der Waals surface area contributed by atoms with Crippen LogP contribution in [0.1, 0.15) is 49.3 Å². The molecule has 2 amide bonds. The molecule has 7 nitrogen and oxygen atoms in total. The molecular weight excluding hydrogens is 521 g/mol. The molecular formula is C26H33Cl2N3O4S. The zero-order valence-electron chi connectivity index (χ0n) is 21.1. The molecule has 0 aromatic heterocycles. The molecule has 0 radical (unpaired) electrons. The molecule has 1 fully saturated rings. The maximum absolute atomic E-state index is 13.8. The average Bonchev–Trinajstić information content (AvgIpc) is 3.30. The second-order valence-electron chi connectivity index (χ2n) is 9.40. The van der Waals surface area contributed by atoms with E-state index in [0.29, 0.717) is 21.3 Å². The molecule has 1 atom stereocenters. The summed E-state index contributed by atoms with van der Waals surface area (Å²) in [5.74, 6) is -0.829. The van der Waals surface area contributed by atoms with Crippen LogP contribution in [0.3, 0.4) is 0 Å². The fourth-order valence-electron chi connectivity index (χ4n) is 4.60. The zero-order valence-corrected chi connectivity index (χ0v) is 23.4. The third kappa shape index (κ3) is 6.72. The van der Waals surface area contributed by atoms with Crippen molar-refractivity contribution >= 4 is 50.7 Å². The molecule has 3 rings (SSSR count). The van der Waals surface area contributed by atoms with E-state index < -0.39 is 28.5 Å². The second-order valence-corrected chi connectivity index (χ2v) is 12.1. The first-order chi connectivity index (χ1) is 16.9. The van der Waals surface area contributed by atoms with Gasteiger partial charge in [-0.3, -0.25) is 13.9 Å². The number of carbonyl (C=O) groups excluding carboxylic acids is 2. The smallest absolute Gasteiger partial charge is 0.244 e. The molecule has 1 N–H and O–H groups in total. The summed E-state index contributed by atoms with van der Waals surface area (Å²) in [7, 11) is -3.81. The first-order valence-electron chi connectivity index (χ1n) is 12.0. The van der Waals surface area contributed by atoms with E-state index in [9.17, 15) is 18.0 Å². The summed E-state index contributed by atoms with van der Waals surface area (Å²) < 4.78 is 26.8. The highest BCUT2D eigenvalue weighted by Gasteiger charge is 2.32. The van der Waals surface area contributed by atoms with Gasteiger partial charge in [0.25, 0.3) is 0 Å². The molecule has 0 bridgehead atoms. The van der Waals surface area contributed by atoms with Crippen molar-refractivity contribution in [3.05, 3.63) is 63.1 Å². The molecule has 36 heavy (non-hydrogen) atoms. The molecule has 1 aliphatic rings. The molecule has 0 heterocycles. The molecule has 2 aromatic rings. The van der Waals surface area contributed by atoms with Crippen molar-refractivity contribution in [2.24, 2.45) is 0 Å². The summed E-state index contributed by atoms with van der Waals surface area (Å²) in [5.41, 5.74) is 2.39. The van der Waals surface area contributed by atoms with Gasteiger partial charge >= 0.3 is 0 Å². The minimum absolute atomic E-state index is 0.0407. The summed E-state index contributed by atoms with van der Waals surface area (Å²) in [6.07, 6.45) is 4.97. The standard InChI is InChI=1S/C26H33Cl2N3O4S/c1-17-9-7-10-18(2)25(17)31(36(4,34)35)16-24(32)30(15-21-22(27)13-8-14-23(21)28)19(3)26(33)29-20-11-5-6-12-20/h7-10,13-14,19-20H,5-6,11-12,15-16H2,1-4H3,(H,29,33)/t19-/m1/s1. The average molecular weight is 555 g/mol. The number of hydrogen-bond donors (Lipinski definition) is 1. The van der Waals surface area contributed by atoms with Crippen molar-refractivity contribution in [2.75, 3.05) is 17.1 Å². The Balaban J connectivity index is 1.97. The van der Waals surface area contributed by atoms with Crippen molar-refractivity contribution in [3.8, 4) is 0 Å². The predicted molar refractivity (Wildman–Crippen MR) is 145 cm³/mol. The molecule has 0 aliphatic heterocycles. The fraction of sp³-hybridized carbons (Fsp3) is 0.462. The van der Waals surface area contributed by atoms with E-state index in [1.807, 2.05) is 6.07 Å². The van der Waals surface area contributed by atoms with Crippen LogP contribution in [-0.4, -0.2) is 50.0 Å². The molecule has 1 saturated carbocycles. The van der Waals surface area contributed by atoms with Gasteiger partial charge < -0.3 is 10.2 Å². The second kappa shape index (κ2) is 11.8. The number of rotatable bonds is 9. The first kappa shape index (κ1) is 28.3. The number of benzene rings is 2. The number of aryl methyl sites for hydroxylation is 2. The highest BCUT2D eigenvalue weighted by molar-refractivity contribution is 7.92. The number of nitrogens with one attached hydrogen (secondary N) is 1. The lowest BCUT2D eigenvalue weighted by molar-refractivity contribution is -0.139. The van der Waals surface area contributed by atoms with E-state index in [1.54, 1.807) is 51.1 Å². The van der Waals surface area contributed by atoms with Crippen molar-refractivity contribution in [2.45, 2.75) is 65.1 Å². The molecule has 10 heteroatoms. The number of sulfonamides is 1. The van der Waals surface area contributed by atoms with Crippen molar-refractivity contribution in [1.29, 1.82) is 0 Å². The van der Waals surface area contributed by atoms with Gasteiger partial charge in [-0.15, -0.1) is 0 Å². The lowest BCUT2D eigenvalue weighted by atomic mass is 10.1. The Labute approximate surface area is 223 Å². The van der Waals surface area contributed by atoms with Crippen molar-refractivity contribution < 1.29 is 18.0 Å². The van der Waals surface area contributed by atoms with E-state index in [2.05, 4.69) is 5.32 Å². The summed E-state index contributed by atoms with van der Waals surface area (Å²) in [6.45, 7) is 4.72. The van der Waals surface area contributed by atoms with Crippen LogP contribution < -0.4 is 9.62 Å². The number of carbonyl (C=O) groups is 2. The van der Waals surface area contributed by atoms with Crippen LogP contribution in [0.4, 0.5) is 5.69 Å². The van der Waals surface area contributed by atoms with Crippen LogP contribution in [0.2, 0.25) is 10.0 Å². The summed E-state index contributed by atoms with van der Waals surface area (Å²) in [6, 6.07) is 9.64. The highest BCUT2D eigenvalue weighted by atomic mass is 35.5. The molecule has 196 valence electrons. The van der Waals surface area contributed by atoms with E-state index in [0.717, 1.165) is 47.4 Å². The van der Waals surface area contributed by atoms with Crippen LogP contribution in [0.15, 0.2) is 36.4 Å². The lowest BCUT2D eigenvalue weighted by Gasteiger charge is -2.33. The molecule has 2 aromatic carbocycles. The van der Waals surface area contributed by atoms with Gasteiger partial charge in [0, 0.05) is 28.2 Å². The van der Waals surface area contributed by atoms with Crippen LogP contribution in [0, 0.1) is 13.8 Å². The minimum atomic E-state index is -3.81. The van der Waals surface area contributed by atoms with Crippen LogP contribution >= 0.6 is 23.2 Å². The molecule has 0 saturated heterocycles. The van der Waals surface area contributed by atoms with Crippen molar-refractivity contribution in [1.82, 2.24) is 10.2 Å². The number of halogens is 2. The van der Waals surface area contributed by atoms with E-state index >= 15 is 0 Å². The van der Waals surface area contributed by atoms with Gasteiger partial charge in [-0.25, -0.2) is 8.42 Å². The number of nitrogens with zero attached hydrogens (tertiary/aromatic N) is 2. The third-order valence-corrected chi connectivity index (χ3v) is 8.45. The maximum Gasteiger partial charge on any atom is 0.244 e. The fourth-order valence-corrected chi connectivity index (χ4v) is 6.08. The maximum atomic E-state index is 13.8. The zero-order chi connectivity index (χ0) is 26.6. The van der Waals surface area contributed by atoms with E-state index in [4.69, 9.17) is 23.2 Å². The quantitative estimate of drug-likeness (QED) is 0.480. The van der Waals surface area contributed by atoms with Gasteiger partial charge in [-0.2, -0.15) is 0 Å². The van der Waals surface area contributed by atoms with Crippen LogP contribution in [0.25, 0.3) is 0 Å². The minimum Gasteiger partial charge on any atom is -0.352 e. The highest BCUT2D eigenvalue weighted by Crippen LogP contribution is 2.29. The molecule has 0 spiro atoms. The van der Waals surface area contributed by atoms with Gasteiger partial charge in [0.2, 0.25) is 21.8 Å². The van der Waals surface area contributed by atoms with Gasteiger partial charge in [0.1, 0.15) is 12.6 Å². The monoisotopic (exact) mass is 553 g/mol. The Morgan fingerprint density at radius 2 is 1.56 bits per heavy atom. The number of para-hydroxylation sites is 1. The van der Waals surface area contributed by atoms with Crippen molar-refractivity contribution in [3.63, 3.8) is 0 Å². The van der Waals surface area contributed by atoms with Crippen LogP contribution in [-0.2, 0) is 26.2 Å². The third-order valence-electron chi connectivity index (χ3n) is 6.63. The Bertz CT molecular complexity index is 1190. The van der Waals surface area contributed by atoms with Crippen LogP contribution in [0.5, 0.6) is 0 Å². The molecule has 1 aliphatic carbocycles. The Morgan fingerprint density at radius 3 is 2.08 bits per heavy atom. The summed E-state index contributed by atoms with van der Waals surface area (Å²) in [5, 5.41) is 3.75. The van der Waals surface area contributed by atoms with Gasteiger partial charge in [-0.1, -0.05) is 60.3 Å². The summed E-state index contributed by atoms with van der Waals surface area (Å²) in [4.78, 5) is 28.3. The predicted octanol–water partition coefficient (Wildman–Crippen LogP) is 4.85. The SMILES string of the molecule is Cc1cccc(C)c1N(CC(=O)N(Cc1c(Cl)cccc1Cl)[C@H](C)C(=O)NC1CCCC1)S(C)(=O)=O. The topological polar surface area (TPSA) is 86.8 Å². The largest absolute Gasteiger partial charge is 0.352 e. The Morgan fingerprint density at radius 1 is 1.03 bits per heavy atom. The van der Waals surface area contributed by atoms with Gasteiger partial charge in [-0.05, 0) is 56.9 Å². The normalized spacial score (nSPS) is 14.9. The Hall–Kier alpha value is -2.29. The number of hydrogen-bond acceptors (Lipinski definition) is 4.